The summed E-state index contributed by atoms with van der Waals surface area (Å²) in [7, 11) is 1.63. The first kappa shape index (κ1) is 16.0. The first-order valence-electron chi connectivity index (χ1n) is 6.26. The van der Waals surface area contributed by atoms with Crippen LogP contribution in [0.5, 0.6) is 0 Å². The van der Waals surface area contributed by atoms with E-state index in [4.69, 9.17) is 5.73 Å². The quantitative estimate of drug-likeness (QED) is 0.790. The van der Waals surface area contributed by atoms with Crippen molar-refractivity contribution in [2.75, 3.05) is 0 Å². The van der Waals surface area contributed by atoms with Gasteiger partial charge in [-0.25, -0.2) is 0 Å². The number of nitrogens with one attached hydrogen (secondary N) is 1. The molecule has 0 amide bonds. The fourth-order valence-corrected chi connectivity index (χ4v) is 3.29. The molecule has 6 nitrogen and oxygen atoms in total. The molecule has 1 heterocycles. The van der Waals surface area contributed by atoms with E-state index >= 15 is 0 Å². The van der Waals surface area contributed by atoms with Crippen molar-refractivity contribution in [1.29, 1.82) is 0 Å². The van der Waals surface area contributed by atoms with Gasteiger partial charge in [0.05, 0.1) is 0 Å². The standard InChI is InChI=1S/C13H15BrN4O2S/c1-7(15)5-8-3-4-9(6-10(8)14)21-13-16-11(19)12(20)17-18(13)2/h3-4,6-7H,5,15H2,1-2H3,(H,17,20). The van der Waals surface area contributed by atoms with E-state index in [1.165, 1.54) is 16.4 Å². The predicted octanol–water partition coefficient (Wildman–Crippen LogP) is 1.27. The molecule has 1 aromatic heterocycles. The number of nitrogens with zero attached hydrogens (tertiary/aromatic N) is 2. The van der Waals surface area contributed by atoms with Gasteiger partial charge in [0, 0.05) is 22.5 Å². The number of H-pyrrole nitrogens is 1. The highest BCUT2D eigenvalue weighted by Crippen LogP contribution is 2.29. The highest BCUT2D eigenvalue weighted by molar-refractivity contribution is 9.10. The number of nitrogens with two attached hydrogens (primary N) is 1. The molecule has 0 aliphatic heterocycles. The number of hydrogen-bond donors (Lipinski definition) is 2. The zero-order valence-corrected chi connectivity index (χ0v) is 14.0. The van der Waals surface area contributed by atoms with Crippen LogP contribution >= 0.6 is 27.7 Å². The number of aryl methyl sites for hydroxylation is 1. The lowest BCUT2D eigenvalue weighted by Gasteiger charge is -2.10. The molecule has 1 aromatic carbocycles. The van der Waals surface area contributed by atoms with Gasteiger partial charge in [-0.2, -0.15) is 4.98 Å². The molecule has 1 unspecified atom stereocenters. The lowest BCUT2D eigenvalue weighted by Crippen LogP contribution is -2.33. The summed E-state index contributed by atoms with van der Waals surface area (Å²) in [6.45, 7) is 1.95. The van der Waals surface area contributed by atoms with Crippen LogP contribution in [0.3, 0.4) is 0 Å². The Bertz CT molecular complexity index is 769. The van der Waals surface area contributed by atoms with Crippen molar-refractivity contribution in [3.05, 3.63) is 48.9 Å². The molecule has 0 saturated carbocycles. The first-order valence-corrected chi connectivity index (χ1v) is 7.87. The molecule has 0 radical (unpaired) electrons. The van der Waals surface area contributed by atoms with E-state index in [0.717, 1.165) is 21.4 Å². The van der Waals surface area contributed by atoms with Crippen molar-refractivity contribution in [3.63, 3.8) is 0 Å². The molecule has 21 heavy (non-hydrogen) atoms. The third-order valence-electron chi connectivity index (χ3n) is 2.72. The van der Waals surface area contributed by atoms with Crippen molar-refractivity contribution in [2.24, 2.45) is 12.8 Å². The lowest BCUT2D eigenvalue weighted by atomic mass is 10.1. The molecule has 1 atom stereocenters. The minimum atomic E-state index is -0.789. The summed E-state index contributed by atoms with van der Waals surface area (Å²) >= 11 is 4.82. The van der Waals surface area contributed by atoms with Gasteiger partial charge in [-0.3, -0.25) is 19.4 Å². The minimum absolute atomic E-state index is 0.0847. The second-order valence-electron chi connectivity index (χ2n) is 4.74. The molecule has 0 fully saturated rings. The van der Waals surface area contributed by atoms with Crippen LogP contribution in [0.2, 0.25) is 0 Å². The molecule has 0 saturated heterocycles. The summed E-state index contributed by atoms with van der Waals surface area (Å²) in [6, 6.07) is 5.95. The molecular weight excluding hydrogens is 356 g/mol. The van der Waals surface area contributed by atoms with Crippen LogP contribution in [0.15, 0.2) is 42.3 Å². The van der Waals surface area contributed by atoms with E-state index in [1.807, 2.05) is 25.1 Å². The Kier molecular flexibility index (Phi) is 5.02. The van der Waals surface area contributed by atoms with Gasteiger partial charge in [-0.05, 0) is 31.0 Å². The van der Waals surface area contributed by atoms with Crippen LogP contribution in [0.25, 0.3) is 0 Å². The van der Waals surface area contributed by atoms with Gasteiger partial charge in [0.1, 0.15) is 0 Å². The second kappa shape index (κ2) is 6.59. The van der Waals surface area contributed by atoms with Crippen LogP contribution in [0, 0.1) is 0 Å². The highest BCUT2D eigenvalue weighted by Gasteiger charge is 2.09. The van der Waals surface area contributed by atoms with E-state index in [2.05, 4.69) is 26.0 Å². The molecule has 8 heteroatoms. The van der Waals surface area contributed by atoms with Crippen molar-refractivity contribution >= 4 is 27.7 Å². The van der Waals surface area contributed by atoms with E-state index in [-0.39, 0.29) is 6.04 Å². The van der Waals surface area contributed by atoms with Crippen LogP contribution < -0.4 is 16.9 Å². The average Bonchev–Trinajstić information content (AvgIpc) is 2.39. The van der Waals surface area contributed by atoms with Crippen molar-refractivity contribution < 1.29 is 0 Å². The summed E-state index contributed by atoms with van der Waals surface area (Å²) in [6.07, 6.45) is 0.779. The van der Waals surface area contributed by atoms with Crippen LogP contribution in [0.1, 0.15) is 12.5 Å². The van der Waals surface area contributed by atoms with Gasteiger partial charge in [0.25, 0.3) is 0 Å². The van der Waals surface area contributed by atoms with Gasteiger partial charge in [0.2, 0.25) is 0 Å². The third kappa shape index (κ3) is 4.05. The first-order chi connectivity index (χ1) is 9.86. The molecule has 0 bridgehead atoms. The number of hydrogen-bond acceptors (Lipinski definition) is 5. The molecule has 0 aliphatic rings. The summed E-state index contributed by atoms with van der Waals surface area (Å²) in [4.78, 5) is 27.2. The zero-order chi connectivity index (χ0) is 15.6. The largest absolute Gasteiger partial charge is 0.339 e. The fourth-order valence-electron chi connectivity index (χ4n) is 1.76. The average molecular weight is 371 g/mol. The Balaban J connectivity index is 2.28. The molecule has 112 valence electrons. The Morgan fingerprint density at radius 1 is 1.48 bits per heavy atom. The Morgan fingerprint density at radius 3 is 2.81 bits per heavy atom. The van der Waals surface area contributed by atoms with E-state index in [0.29, 0.717) is 5.16 Å². The Hall–Kier alpha value is -1.38. The van der Waals surface area contributed by atoms with Gasteiger partial charge < -0.3 is 5.73 Å². The number of aromatic nitrogens is 3. The zero-order valence-electron chi connectivity index (χ0n) is 11.6. The van der Waals surface area contributed by atoms with Crippen LogP contribution in [0.4, 0.5) is 0 Å². The Morgan fingerprint density at radius 2 is 2.19 bits per heavy atom. The predicted molar refractivity (Wildman–Crippen MR) is 85.7 cm³/mol. The minimum Gasteiger partial charge on any atom is -0.328 e. The van der Waals surface area contributed by atoms with E-state index in [9.17, 15) is 9.59 Å². The Labute approximate surface area is 133 Å². The topological polar surface area (TPSA) is 93.8 Å². The fraction of sp³-hybridized carbons (Fsp3) is 0.308. The maximum atomic E-state index is 11.3. The van der Waals surface area contributed by atoms with Crippen LogP contribution in [-0.2, 0) is 13.5 Å². The summed E-state index contributed by atoms with van der Waals surface area (Å²) in [5.41, 5.74) is 5.41. The maximum Gasteiger partial charge on any atom is 0.339 e. The summed E-state index contributed by atoms with van der Waals surface area (Å²) < 4.78 is 2.39. The molecule has 2 aromatic rings. The van der Waals surface area contributed by atoms with Gasteiger partial charge in [0.15, 0.2) is 5.16 Å². The number of halogens is 1. The highest BCUT2D eigenvalue weighted by atomic mass is 79.9. The summed E-state index contributed by atoms with van der Waals surface area (Å²) in [5.74, 6) is 0. The number of aromatic amines is 1. The number of rotatable bonds is 4. The third-order valence-corrected chi connectivity index (χ3v) is 4.50. The monoisotopic (exact) mass is 370 g/mol. The number of benzene rings is 1. The SMILES string of the molecule is CC(N)Cc1ccc(Sc2nc(=O)c(=O)[nH]n2C)cc1Br. The van der Waals surface area contributed by atoms with Crippen molar-refractivity contribution in [3.8, 4) is 0 Å². The molecular formula is C13H15BrN4O2S. The molecule has 0 spiro atoms. The molecule has 3 N–H and O–H groups in total. The van der Waals surface area contributed by atoms with E-state index in [1.54, 1.807) is 7.05 Å². The van der Waals surface area contributed by atoms with Crippen molar-refractivity contribution in [2.45, 2.75) is 29.4 Å². The molecule has 0 aliphatic carbocycles. The summed E-state index contributed by atoms with van der Waals surface area (Å²) in [5, 5.41) is 2.84. The lowest BCUT2D eigenvalue weighted by molar-refractivity contribution is 0.596. The van der Waals surface area contributed by atoms with E-state index < -0.39 is 11.1 Å². The van der Waals surface area contributed by atoms with Crippen LogP contribution in [-0.4, -0.2) is 20.8 Å². The van der Waals surface area contributed by atoms with Gasteiger partial charge in [-0.1, -0.05) is 33.8 Å². The van der Waals surface area contributed by atoms with Crippen molar-refractivity contribution in [1.82, 2.24) is 14.8 Å². The smallest absolute Gasteiger partial charge is 0.328 e. The maximum absolute atomic E-state index is 11.3. The van der Waals surface area contributed by atoms with Gasteiger partial charge >= 0.3 is 11.1 Å². The second-order valence-corrected chi connectivity index (χ2v) is 6.63. The van der Waals surface area contributed by atoms with Gasteiger partial charge in [-0.15, -0.1) is 0 Å². The normalized spacial score (nSPS) is 12.4. The molecule has 2 rings (SSSR count).